The minimum Gasteiger partial charge on any atom is -0.481 e. The summed E-state index contributed by atoms with van der Waals surface area (Å²) in [4.78, 5) is 10.9. The first-order valence-corrected chi connectivity index (χ1v) is 8.69. The molecule has 0 saturated heterocycles. The molecule has 0 bridgehead atoms. The van der Waals surface area contributed by atoms with Crippen LogP contribution in [0, 0.1) is 6.92 Å². The summed E-state index contributed by atoms with van der Waals surface area (Å²) in [5.41, 5.74) is 1.41. The third-order valence-electron chi connectivity index (χ3n) is 3.25. The topological polar surface area (TPSA) is 74.7 Å². The monoisotopic (exact) mass is 353 g/mol. The van der Waals surface area contributed by atoms with Gasteiger partial charge in [0.25, 0.3) is 10.0 Å². The van der Waals surface area contributed by atoms with E-state index in [-0.39, 0.29) is 17.9 Å². The number of hydrogen-bond donors (Lipinski definition) is 1. The van der Waals surface area contributed by atoms with E-state index >= 15 is 0 Å². The number of benzene rings is 2. The Labute approximate surface area is 140 Å². The number of carboxylic acid groups (broad SMARTS) is 1. The predicted octanol–water partition coefficient (Wildman–Crippen LogP) is 3.32. The summed E-state index contributed by atoms with van der Waals surface area (Å²) >= 11 is 5.79. The highest BCUT2D eigenvalue weighted by molar-refractivity contribution is 7.92. The molecule has 0 heterocycles. The second kappa shape index (κ2) is 7.02. The molecular weight excluding hydrogens is 338 g/mol. The van der Waals surface area contributed by atoms with Crippen LogP contribution in [-0.2, 0) is 14.8 Å². The Bertz CT molecular complexity index is 786. The van der Waals surface area contributed by atoms with E-state index in [9.17, 15) is 13.2 Å². The van der Waals surface area contributed by atoms with Gasteiger partial charge in [0.05, 0.1) is 17.0 Å². The van der Waals surface area contributed by atoms with E-state index in [1.165, 1.54) is 24.3 Å². The molecule has 2 aromatic carbocycles. The van der Waals surface area contributed by atoms with Crippen LogP contribution in [0.15, 0.2) is 53.4 Å². The molecule has 0 aliphatic heterocycles. The van der Waals surface area contributed by atoms with Gasteiger partial charge in [-0.1, -0.05) is 29.3 Å². The number of aliphatic carboxylic acids is 1. The van der Waals surface area contributed by atoms with E-state index in [2.05, 4.69) is 0 Å². The number of carboxylic acids is 1. The Morgan fingerprint density at radius 2 is 1.65 bits per heavy atom. The molecule has 0 aromatic heterocycles. The lowest BCUT2D eigenvalue weighted by Crippen LogP contribution is -2.33. The lowest BCUT2D eigenvalue weighted by molar-refractivity contribution is -0.136. The van der Waals surface area contributed by atoms with Crippen LogP contribution in [0.25, 0.3) is 0 Å². The normalized spacial score (nSPS) is 11.2. The number of aryl methyl sites for hydroxylation is 1. The highest BCUT2D eigenvalue weighted by Crippen LogP contribution is 2.25. The molecule has 0 radical (unpaired) electrons. The Morgan fingerprint density at radius 3 is 2.17 bits per heavy atom. The molecule has 2 aromatic rings. The maximum Gasteiger partial charge on any atom is 0.305 e. The van der Waals surface area contributed by atoms with Crippen molar-refractivity contribution in [1.82, 2.24) is 0 Å². The predicted molar refractivity (Wildman–Crippen MR) is 89.4 cm³/mol. The van der Waals surface area contributed by atoms with Crippen LogP contribution in [0.1, 0.15) is 12.0 Å². The largest absolute Gasteiger partial charge is 0.481 e. The highest BCUT2D eigenvalue weighted by Gasteiger charge is 2.25. The SMILES string of the molecule is Cc1ccc(N(CCC(=O)O)S(=O)(=O)c2ccc(Cl)cc2)cc1. The average molecular weight is 354 g/mol. The molecule has 0 amide bonds. The summed E-state index contributed by atoms with van der Waals surface area (Å²) in [6, 6.07) is 12.6. The third-order valence-corrected chi connectivity index (χ3v) is 5.35. The number of rotatable bonds is 6. The van der Waals surface area contributed by atoms with E-state index in [1.54, 1.807) is 24.3 Å². The maximum absolute atomic E-state index is 12.8. The lowest BCUT2D eigenvalue weighted by Gasteiger charge is -2.24. The molecule has 0 fully saturated rings. The third kappa shape index (κ3) is 4.24. The number of nitrogens with zero attached hydrogens (tertiary/aromatic N) is 1. The quantitative estimate of drug-likeness (QED) is 0.864. The number of carbonyl (C=O) groups is 1. The molecule has 23 heavy (non-hydrogen) atoms. The molecule has 2 rings (SSSR count). The fourth-order valence-electron chi connectivity index (χ4n) is 2.03. The summed E-state index contributed by atoms with van der Waals surface area (Å²) in [7, 11) is -3.87. The van der Waals surface area contributed by atoms with Crippen molar-refractivity contribution in [3.63, 3.8) is 0 Å². The Balaban J connectivity index is 2.44. The van der Waals surface area contributed by atoms with Crippen molar-refractivity contribution in [3.8, 4) is 0 Å². The zero-order valence-corrected chi connectivity index (χ0v) is 14.0. The highest BCUT2D eigenvalue weighted by atomic mass is 35.5. The minimum atomic E-state index is -3.87. The van der Waals surface area contributed by atoms with E-state index in [4.69, 9.17) is 16.7 Å². The molecule has 0 unspecified atom stereocenters. The number of sulfonamides is 1. The fraction of sp³-hybridized carbons (Fsp3) is 0.188. The first-order valence-electron chi connectivity index (χ1n) is 6.87. The van der Waals surface area contributed by atoms with Gasteiger partial charge in [-0.2, -0.15) is 0 Å². The van der Waals surface area contributed by atoms with Gasteiger partial charge in [-0.15, -0.1) is 0 Å². The summed E-state index contributed by atoms with van der Waals surface area (Å²) in [6.45, 7) is 1.74. The van der Waals surface area contributed by atoms with E-state index in [1.807, 2.05) is 6.92 Å². The van der Waals surface area contributed by atoms with Gasteiger partial charge >= 0.3 is 5.97 Å². The molecule has 0 atom stereocenters. The van der Waals surface area contributed by atoms with Gasteiger partial charge in [0.2, 0.25) is 0 Å². The van der Waals surface area contributed by atoms with Crippen LogP contribution in [0.5, 0.6) is 0 Å². The van der Waals surface area contributed by atoms with Gasteiger partial charge in [0.15, 0.2) is 0 Å². The molecule has 1 N–H and O–H groups in total. The summed E-state index contributed by atoms with van der Waals surface area (Å²) in [5, 5.41) is 9.31. The zero-order valence-electron chi connectivity index (χ0n) is 12.4. The summed E-state index contributed by atoms with van der Waals surface area (Å²) in [6.07, 6.45) is -0.291. The molecule has 7 heteroatoms. The van der Waals surface area contributed by atoms with E-state index in [0.29, 0.717) is 10.7 Å². The van der Waals surface area contributed by atoms with Crippen molar-refractivity contribution in [2.24, 2.45) is 0 Å². The smallest absolute Gasteiger partial charge is 0.305 e. The fourth-order valence-corrected chi connectivity index (χ4v) is 3.62. The molecule has 0 spiro atoms. The van der Waals surface area contributed by atoms with Crippen molar-refractivity contribution >= 4 is 33.3 Å². The Morgan fingerprint density at radius 1 is 1.09 bits per heavy atom. The summed E-state index contributed by atoms with van der Waals surface area (Å²) < 4.78 is 26.8. The lowest BCUT2D eigenvalue weighted by atomic mass is 10.2. The number of halogens is 1. The van der Waals surface area contributed by atoms with Gasteiger partial charge in [0, 0.05) is 11.6 Å². The molecule has 0 aliphatic rings. The van der Waals surface area contributed by atoms with Gasteiger partial charge in [-0.3, -0.25) is 9.10 Å². The minimum absolute atomic E-state index is 0.0628. The van der Waals surface area contributed by atoms with Crippen LogP contribution in [0.3, 0.4) is 0 Å². The Hall–Kier alpha value is -2.05. The van der Waals surface area contributed by atoms with E-state index in [0.717, 1.165) is 9.87 Å². The number of anilines is 1. The van der Waals surface area contributed by atoms with Gasteiger partial charge in [-0.25, -0.2) is 8.42 Å². The molecule has 122 valence electrons. The second-order valence-electron chi connectivity index (χ2n) is 5.01. The molecule has 5 nitrogen and oxygen atoms in total. The first-order chi connectivity index (χ1) is 10.8. The maximum atomic E-state index is 12.8. The van der Waals surface area contributed by atoms with Gasteiger partial charge in [-0.05, 0) is 43.3 Å². The average Bonchev–Trinajstić information content (AvgIpc) is 2.49. The van der Waals surface area contributed by atoms with Crippen molar-refractivity contribution in [2.45, 2.75) is 18.2 Å². The van der Waals surface area contributed by atoms with Gasteiger partial charge in [0.1, 0.15) is 0 Å². The van der Waals surface area contributed by atoms with Crippen LogP contribution >= 0.6 is 11.6 Å². The molecule has 0 saturated carbocycles. The molecule has 0 aliphatic carbocycles. The standard InChI is InChI=1S/C16H16ClNO4S/c1-12-2-6-14(7-3-12)18(11-10-16(19)20)23(21,22)15-8-4-13(17)5-9-15/h2-9H,10-11H2,1H3,(H,19,20). The van der Waals surface area contributed by atoms with Gasteiger partial charge < -0.3 is 5.11 Å². The van der Waals surface area contributed by atoms with Crippen LogP contribution in [0.4, 0.5) is 5.69 Å². The molecular formula is C16H16ClNO4S. The Kier molecular flexibility index (Phi) is 5.28. The van der Waals surface area contributed by atoms with Crippen molar-refractivity contribution in [2.75, 3.05) is 10.8 Å². The number of hydrogen-bond acceptors (Lipinski definition) is 3. The van der Waals surface area contributed by atoms with Crippen LogP contribution < -0.4 is 4.31 Å². The van der Waals surface area contributed by atoms with Crippen LogP contribution in [0.2, 0.25) is 5.02 Å². The van der Waals surface area contributed by atoms with Crippen molar-refractivity contribution in [1.29, 1.82) is 0 Å². The summed E-state index contributed by atoms with van der Waals surface area (Å²) in [5.74, 6) is -1.06. The van der Waals surface area contributed by atoms with Crippen molar-refractivity contribution < 1.29 is 18.3 Å². The zero-order chi connectivity index (χ0) is 17.0. The second-order valence-corrected chi connectivity index (χ2v) is 7.31. The van der Waals surface area contributed by atoms with Crippen LogP contribution in [-0.4, -0.2) is 26.0 Å². The first kappa shape index (κ1) is 17.3. The van der Waals surface area contributed by atoms with E-state index < -0.39 is 16.0 Å². The van der Waals surface area contributed by atoms with Crippen molar-refractivity contribution in [3.05, 3.63) is 59.1 Å².